The summed E-state index contributed by atoms with van der Waals surface area (Å²) in [5.41, 5.74) is 5.47. The molecule has 0 saturated heterocycles. The van der Waals surface area contributed by atoms with Crippen molar-refractivity contribution in [2.75, 3.05) is 0 Å². The maximum atomic E-state index is 11.4. The molecule has 1 rings (SSSR count). The number of carboxylic acid groups (broad SMARTS) is 1. The van der Waals surface area contributed by atoms with Gasteiger partial charge in [0, 0.05) is 6.42 Å². The molecule has 1 aromatic carbocycles. The van der Waals surface area contributed by atoms with Crippen LogP contribution in [0.1, 0.15) is 23.2 Å². The van der Waals surface area contributed by atoms with Gasteiger partial charge < -0.3 is 15.6 Å². The Morgan fingerprint density at radius 3 is 2.39 bits per heavy atom. The molecule has 0 spiro atoms. The molecule has 1 aromatic rings. The van der Waals surface area contributed by atoms with Gasteiger partial charge in [0.05, 0.1) is 5.56 Å². The van der Waals surface area contributed by atoms with Gasteiger partial charge in [-0.05, 0) is 18.6 Å². The molecule has 0 heterocycles. The van der Waals surface area contributed by atoms with Gasteiger partial charge in [-0.15, -0.1) is 0 Å². The molecule has 0 saturated carbocycles. The van der Waals surface area contributed by atoms with E-state index in [0.29, 0.717) is 0 Å². The summed E-state index contributed by atoms with van der Waals surface area (Å²) < 4.78 is 4.54. The van der Waals surface area contributed by atoms with Crippen LogP contribution >= 0.6 is 0 Å². The third kappa shape index (κ3) is 4.34. The second-order valence-corrected chi connectivity index (χ2v) is 3.61. The Morgan fingerprint density at radius 1 is 1.22 bits per heavy atom. The Morgan fingerprint density at radius 2 is 1.83 bits per heavy atom. The van der Waals surface area contributed by atoms with E-state index >= 15 is 0 Å². The average molecular weight is 251 g/mol. The van der Waals surface area contributed by atoms with Crippen molar-refractivity contribution in [1.29, 1.82) is 0 Å². The number of carboxylic acids is 1. The Hall–Kier alpha value is -2.21. The minimum atomic E-state index is -1.20. The van der Waals surface area contributed by atoms with E-state index in [9.17, 15) is 14.4 Å². The predicted octanol–water partition coefficient (Wildman–Crippen LogP) is 0.562. The van der Waals surface area contributed by atoms with E-state index in [0.717, 1.165) is 0 Å². The molecule has 0 aromatic heterocycles. The lowest BCUT2D eigenvalue weighted by molar-refractivity contribution is -0.140. The molecule has 0 amide bonds. The molecule has 0 fully saturated rings. The van der Waals surface area contributed by atoms with E-state index in [2.05, 4.69) is 4.74 Å². The van der Waals surface area contributed by atoms with Gasteiger partial charge in [-0.2, -0.15) is 0 Å². The summed E-state index contributed by atoms with van der Waals surface area (Å²) in [5, 5.41) is 8.51. The topological polar surface area (TPSA) is 107 Å². The second kappa shape index (κ2) is 6.51. The van der Waals surface area contributed by atoms with Gasteiger partial charge >= 0.3 is 17.9 Å². The van der Waals surface area contributed by atoms with E-state index in [1.165, 1.54) is 12.1 Å². The van der Waals surface area contributed by atoms with Crippen LogP contribution in [0.2, 0.25) is 0 Å². The molecule has 3 N–H and O–H groups in total. The lowest BCUT2D eigenvalue weighted by Gasteiger charge is -2.05. The minimum absolute atomic E-state index is 0.0732. The molecular weight excluding hydrogens is 238 g/mol. The van der Waals surface area contributed by atoms with Crippen LogP contribution in [0.4, 0.5) is 0 Å². The highest BCUT2D eigenvalue weighted by Gasteiger charge is 2.17. The van der Waals surface area contributed by atoms with Gasteiger partial charge in [0.2, 0.25) is 0 Å². The fraction of sp³-hybridized carbons (Fsp3) is 0.250. The lowest BCUT2D eigenvalue weighted by atomic mass is 10.2. The number of aliphatic carboxylic acids is 1. The van der Waals surface area contributed by atoms with Crippen molar-refractivity contribution in [3.8, 4) is 0 Å². The first-order valence-electron chi connectivity index (χ1n) is 5.29. The van der Waals surface area contributed by atoms with Crippen LogP contribution < -0.4 is 5.73 Å². The van der Waals surface area contributed by atoms with Crippen LogP contribution in [0, 0.1) is 0 Å². The van der Waals surface area contributed by atoms with E-state index in [-0.39, 0.29) is 18.4 Å². The van der Waals surface area contributed by atoms with Crippen molar-refractivity contribution in [2.45, 2.75) is 18.9 Å². The van der Waals surface area contributed by atoms with Crippen molar-refractivity contribution in [1.82, 2.24) is 0 Å². The molecule has 6 heteroatoms. The number of carbonyl (C=O) groups excluding carboxylic acids is 2. The molecule has 96 valence electrons. The molecule has 1 atom stereocenters. The lowest BCUT2D eigenvalue weighted by Crippen LogP contribution is -2.31. The standard InChI is InChI=1S/C12H13NO5/c13-9(11(15)16)6-7-10(14)18-12(17)8-4-2-1-3-5-8/h1-5,9H,6-7,13H2,(H,15,16)/t9-/m0/s1. The second-order valence-electron chi connectivity index (χ2n) is 3.61. The summed E-state index contributed by atoms with van der Waals surface area (Å²) in [6, 6.07) is 6.90. The zero-order valence-electron chi connectivity index (χ0n) is 9.54. The molecule has 6 nitrogen and oxygen atoms in total. The first kappa shape index (κ1) is 13.9. The summed E-state index contributed by atoms with van der Waals surface area (Å²) in [6.07, 6.45) is -0.289. The number of esters is 2. The number of ether oxygens (including phenoxy) is 1. The zero-order chi connectivity index (χ0) is 13.5. The highest BCUT2D eigenvalue weighted by Crippen LogP contribution is 2.04. The molecule has 0 unspecified atom stereocenters. The van der Waals surface area contributed by atoms with Gasteiger partial charge in [-0.3, -0.25) is 9.59 Å². The largest absolute Gasteiger partial charge is 0.480 e. The van der Waals surface area contributed by atoms with Gasteiger partial charge in [0.15, 0.2) is 0 Å². The number of rotatable bonds is 5. The average Bonchev–Trinajstić information content (AvgIpc) is 2.36. The van der Waals surface area contributed by atoms with Crippen LogP contribution in [-0.4, -0.2) is 29.1 Å². The third-order valence-corrected chi connectivity index (χ3v) is 2.19. The zero-order valence-corrected chi connectivity index (χ0v) is 9.54. The fourth-order valence-corrected chi connectivity index (χ4v) is 1.18. The fourth-order valence-electron chi connectivity index (χ4n) is 1.18. The van der Waals surface area contributed by atoms with E-state index < -0.39 is 23.9 Å². The highest BCUT2D eigenvalue weighted by molar-refractivity contribution is 5.96. The monoisotopic (exact) mass is 251 g/mol. The molecule has 0 radical (unpaired) electrons. The number of nitrogens with two attached hydrogens (primary N) is 1. The van der Waals surface area contributed by atoms with E-state index in [4.69, 9.17) is 10.8 Å². The predicted molar refractivity (Wildman–Crippen MR) is 61.7 cm³/mol. The Labute approximate surface area is 103 Å². The van der Waals surface area contributed by atoms with Crippen molar-refractivity contribution in [3.05, 3.63) is 35.9 Å². The quantitative estimate of drug-likeness (QED) is 0.585. The first-order valence-corrected chi connectivity index (χ1v) is 5.29. The smallest absolute Gasteiger partial charge is 0.345 e. The number of hydrogen-bond acceptors (Lipinski definition) is 5. The van der Waals surface area contributed by atoms with Gasteiger partial charge in [0.1, 0.15) is 6.04 Å². The first-order chi connectivity index (χ1) is 8.50. The molecular formula is C12H13NO5. The van der Waals surface area contributed by atoms with E-state index in [1.807, 2.05) is 0 Å². The van der Waals surface area contributed by atoms with Gasteiger partial charge in [-0.1, -0.05) is 18.2 Å². The van der Waals surface area contributed by atoms with Gasteiger partial charge in [-0.25, -0.2) is 4.79 Å². The summed E-state index contributed by atoms with van der Waals surface area (Å²) in [7, 11) is 0. The summed E-state index contributed by atoms with van der Waals surface area (Å²) in [4.78, 5) is 33.1. The maximum Gasteiger partial charge on any atom is 0.345 e. The number of hydrogen-bond donors (Lipinski definition) is 2. The molecule has 18 heavy (non-hydrogen) atoms. The summed E-state index contributed by atoms with van der Waals surface area (Å²) in [6.45, 7) is 0. The molecule has 0 aliphatic carbocycles. The molecule has 0 bridgehead atoms. The van der Waals surface area contributed by atoms with Crippen molar-refractivity contribution >= 4 is 17.9 Å². The highest BCUT2D eigenvalue weighted by atomic mass is 16.6. The molecule has 0 aliphatic heterocycles. The number of benzene rings is 1. The SMILES string of the molecule is N[C@@H](CCC(=O)OC(=O)c1ccccc1)C(=O)O. The Bertz CT molecular complexity index is 443. The van der Waals surface area contributed by atoms with Crippen LogP contribution in [0.25, 0.3) is 0 Å². The summed E-state index contributed by atoms with van der Waals surface area (Å²) in [5.74, 6) is -2.75. The van der Waals surface area contributed by atoms with E-state index in [1.54, 1.807) is 18.2 Å². The van der Waals surface area contributed by atoms with Crippen molar-refractivity contribution in [2.24, 2.45) is 5.73 Å². The normalized spacial score (nSPS) is 11.6. The van der Waals surface area contributed by atoms with Crippen molar-refractivity contribution < 1.29 is 24.2 Å². The van der Waals surface area contributed by atoms with Crippen LogP contribution in [0.3, 0.4) is 0 Å². The van der Waals surface area contributed by atoms with Crippen molar-refractivity contribution in [3.63, 3.8) is 0 Å². The van der Waals surface area contributed by atoms with Gasteiger partial charge in [0.25, 0.3) is 0 Å². The van der Waals surface area contributed by atoms with Crippen LogP contribution in [0.5, 0.6) is 0 Å². The van der Waals surface area contributed by atoms with Crippen LogP contribution in [0.15, 0.2) is 30.3 Å². The third-order valence-electron chi connectivity index (χ3n) is 2.19. The Kier molecular flexibility index (Phi) is 5.01. The minimum Gasteiger partial charge on any atom is -0.480 e. The maximum absolute atomic E-state index is 11.4. The Balaban J connectivity index is 2.41. The van der Waals surface area contributed by atoms with Crippen LogP contribution in [-0.2, 0) is 14.3 Å². The summed E-state index contributed by atoms with van der Waals surface area (Å²) >= 11 is 0. The number of carbonyl (C=O) groups is 3. The molecule has 0 aliphatic rings.